The van der Waals surface area contributed by atoms with Crippen LogP contribution in [0.3, 0.4) is 0 Å². The van der Waals surface area contributed by atoms with Crippen molar-refractivity contribution < 1.29 is 9.18 Å². The molecule has 1 aromatic heterocycles. The van der Waals surface area contributed by atoms with Crippen molar-refractivity contribution in [2.45, 2.75) is 19.4 Å². The van der Waals surface area contributed by atoms with Gasteiger partial charge in [-0.3, -0.25) is 4.79 Å². The quantitative estimate of drug-likeness (QED) is 0.860. The molecule has 102 valence electrons. The van der Waals surface area contributed by atoms with E-state index in [0.29, 0.717) is 6.42 Å². The number of halogens is 2. The number of nitrogens with one attached hydrogen (secondary N) is 1. The van der Waals surface area contributed by atoms with Gasteiger partial charge < -0.3 is 9.88 Å². The second-order valence-electron chi connectivity index (χ2n) is 4.73. The number of hydrogen-bond acceptors (Lipinski definition) is 1. The van der Waals surface area contributed by atoms with Gasteiger partial charge in [-0.25, -0.2) is 4.39 Å². The third kappa shape index (κ3) is 3.07. The molecule has 1 N–H and O–H groups in total. The molecule has 0 spiro atoms. The highest BCUT2D eigenvalue weighted by atomic mass is 35.5. The smallest absolute Gasteiger partial charge is 0.235 e. The number of aromatic nitrogens is 1. The molecule has 1 unspecified atom stereocenters. The Morgan fingerprint density at radius 2 is 2.26 bits per heavy atom. The highest BCUT2D eigenvalue weighted by molar-refractivity contribution is 6.27. The Bertz CT molecular complexity index is 609. The molecule has 0 saturated carbocycles. The van der Waals surface area contributed by atoms with Gasteiger partial charge in [-0.15, -0.1) is 11.6 Å². The van der Waals surface area contributed by atoms with Crippen LogP contribution in [-0.4, -0.2) is 22.4 Å². The second kappa shape index (κ2) is 5.61. The third-order valence-electron chi connectivity index (χ3n) is 3.09. The van der Waals surface area contributed by atoms with E-state index in [2.05, 4.69) is 5.32 Å². The number of carbonyl (C=O) groups is 1. The SMILES string of the molecule is CC(Cc1cn(C)c2ccc(F)cc12)NC(=O)CCl. The summed E-state index contributed by atoms with van der Waals surface area (Å²) in [7, 11) is 1.92. The number of hydrogen-bond donors (Lipinski definition) is 1. The van der Waals surface area contributed by atoms with Crippen LogP contribution < -0.4 is 5.32 Å². The Hall–Kier alpha value is -1.55. The summed E-state index contributed by atoms with van der Waals surface area (Å²) in [6.45, 7) is 1.91. The first-order valence-electron chi connectivity index (χ1n) is 6.10. The van der Waals surface area contributed by atoms with Crippen LogP contribution in [0.15, 0.2) is 24.4 Å². The molecule has 19 heavy (non-hydrogen) atoms. The average molecular weight is 283 g/mol. The molecule has 0 fully saturated rings. The molecule has 2 rings (SSSR count). The highest BCUT2D eigenvalue weighted by Crippen LogP contribution is 2.22. The minimum atomic E-state index is -0.252. The van der Waals surface area contributed by atoms with Crippen molar-refractivity contribution in [2.24, 2.45) is 7.05 Å². The summed E-state index contributed by atoms with van der Waals surface area (Å²) < 4.78 is 15.3. The number of aryl methyl sites for hydroxylation is 1. The van der Waals surface area contributed by atoms with Crippen molar-refractivity contribution in [3.05, 3.63) is 35.8 Å². The molecule has 5 heteroatoms. The van der Waals surface area contributed by atoms with Gasteiger partial charge in [0.1, 0.15) is 11.7 Å². The maximum absolute atomic E-state index is 13.3. The number of alkyl halides is 1. The summed E-state index contributed by atoms with van der Waals surface area (Å²) >= 11 is 5.45. The van der Waals surface area contributed by atoms with E-state index in [1.54, 1.807) is 6.07 Å². The second-order valence-corrected chi connectivity index (χ2v) is 5.00. The first-order valence-corrected chi connectivity index (χ1v) is 6.63. The summed E-state index contributed by atoms with van der Waals surface area (Å²) in [5.74, 6) is -0.493. The Morgan fingerprint density at radius 1 is 1.53 bits per heavy atom. The maximum atomic E-state index is 13.3. The van der Waals surface area contributed by atoms with Gasteiger partial charge in [0.25, 0.3) is 0 Å². The van der Waals surface area contributed by atoms with E-state index in [-0.39, 0.29) is 23.6 Å². The first kappa shape index (κ1) is 13.9. The van der Waals surface area contributed by atoms with Gasteiger partial charge >= 0.3 is 0 Å². The van der Waals surface area contributed by atoms with Crippen LogP contribution in [0, 0.1) is 5.82 Å². The molecular weight excluding hydrogens is 267 g/mol. The van der Waals surface area contributed by atoms with E-state index in [1.165, 1.54) is 12.1 Å². The normalized spacial score (nSPS) is 12.6. The van der Waals surface area contributed by atoms with Crippen molar-refractivity contribution in [1.82, 2.24) is 9.88 Å². The van der Waals surface area contributed by atoms with Gasteiger partial charge in [-0.1, -0.05) is 0 Å². The zero-order valence-corrected chi connectivity index (χ0v) is 11.7. The third-order valence-corrected chi connectivity index (χ3v) is 3.33. The molecule has 0 aliphatic carbocycles. The lowest BCUT2D eigenvalue weighted by Gasteiger charge is -2.12. The van der Waals surface area contributed by atoms with Crippen LogP contribution in [0.25, 0.3) is 10.9 Å². The fourth-order valence-electron chi connectivity index (χ4n) is 2.30. The molecule has 0 bridgehead atoms. The predicted molar refractivity (Wildman–Crippen MR) is 74.9 cm³/mol. The van der Waals surface area contributed by atoms with Crippen molar-refractivity contribution in [3.8, 4) is 0 Å². The van der Waals surface area contributed by atoms with E-state index in [9.17, 15) is 9.18 Å². The molecule has 0 aliphatic heterocycles. The van der Waals surface area contributed by atoms with Crippen LogP contribution in [-0.2, 0) is 18.3 Å². The van der Waals surface area contributed by atoms with Crippen molar-refractivity contribution in [3.63, 3.8) is 0 Å². The van der Waals surface area contributed by atoms with Crippen LogP contribution >= 0.6 is 11.6 Å². The van der Waals surface area contributed by atoms with Crippen molar-refractivity contribution >= 4 is 28.4 Å². The van der Waals surface area contributed by atoms with Crippen LogP contribution in [0.1, 0.15) is 12.5 Å². The van der Waals surface area contributed by atoms with Crippen LogP contribution in [0.4, 0.5) is 4.39 Å². The molecule has 0 saturated heterocycles. The number of rotatable bonds is 4. The summed E-state index contributed by atoms with van der Waals surface area (Å²) in [6.07, 6.45) is 2.61. The van der Waals surface area contributed by atoms with Gasteiger partial charge in [-0.2, -0.15) is 0 Å². The lowest BCUT2D eigenvalue weighted by Crippen LogP contribution is -2.34. The number of amides is 1. The molecule has 0 radical (unpaired) electrons. The average Bonchev–Trinajstić information content (AvgIpc) is 2.65. The molecule has 1 aromatic carbocycles. The molecular formula is C14H16ClFN2O. The molecule has 1 amide bonds. The Morgan fingerprint density at radius 3 is 2.95 bits per heavy atom. The number of benzene rings is 1. The first-order chi connectivity index (χ1) is 9.01. The van der Waals surface area contributed by atoms with E-state index >= 15 is 0 Å². The summed E-state index contributed by atoms with van der Waals surface area (Å²) in [5.41, 5.74) is 1.99. The van der Waals surface area contributed by atoms with Crippen LogP contribution in [0.5, 0.6) is 0 Å². The lowest BCUT2D eigenvalue weighted by atomic mass is 10.1. The lowest BCUT2D eigenvalue weighted by molar-refractivity contribution is -0.119. The fraction of sp³-hybridized carbons (Fsp3) is 0.357. The minimum absolute atomic E-state index is 0.0416. The van der Waals surface area contributed by atoms with Crippen LogP contribution in [0.2, 0.25) is 0 Å². The largest absolute Gasteiger partial charge is 0.352 e. The van der Waals surface area contributed by atoms with Gasteiger partial charge in [0.05, 0.1) is 0 Å². The van der Waals surface area contributed by atoms with Gasteiger partial charge in [0.15, 0.2) is 0 Å². The minimum Gasteiger partial charge on any atom is -0.352 e. The number of carbonyl (C=O) groups excluding carboxylic acids is 1. The zero-order valence-electron chi connectivity index (χ0n) is 10.9. The predicted octanol–water partition coefficient (Wildman–Crippen LogP) is 2.60. The van der Waals surface area contributed by atoms with Crippen molar-refractivity contribution in [2.75, 3.05) is 5.88 Å². The number of fused-ring (bicyclic) bond motifs is 1. The summed E-state index contributed by atoms with van der Waals surface area (Å²) in [6, 6.07) is 4.70. The topological polar surface area (TPSA) is 34.0 Å². The van der Waals surface area contributed by atoms with E-state index < -0.39 is 0 Å². The van der Waals surface area contributed by atoms with Gasteiger partial charge in [0.2, 0.25) is 5.91 Å². The highest BCUT2D eigenvalue weighted by Gasteiger charge is 2.12. The van der Waals surface area contributed by atoms with E-state index in [1.807, 2.05) is 24.7 Å². The molecule has 0 aliphatic rings. The summed E-state index contributed by atoms with van der Waals surface area (Å²) in [4.78, 5) is 11.2. The summed E-state index contributed by atoms with van der Waals surface area (Å²) in [5, 5.41) is 3.68. The molecule has 3 nitrogen and oxygen atoms in total. The Labute approximate surface area is 116 Å². The molecule has 1 heterocycles. The monoisotopic (exact) mass is 282 g/mol. The van der Waals surface area contributed by atoms with Gasteiger partial charge in [-0.05, 0) is 37.1 Å². The Kier molecular flexibility index (Phi) is 4.10. The zero-order chi connectivity index (χ0) is 14.0. The van der Waals surface area contributed by atoms with E-state index in [0.717, 1.165) is 16.5 Å². The molecule has 1 atom stereocenters. The maximum Gasteiger partial charge on any atom is 0.235 e. The van der Waals surface area contributed by atoms with Gasteiger partial charge in [0, 0.05) is 30.2 Å². The molecule has 2 aromatic rings. The Balaban J connectivity index is 2.25. The standard InChI is InChI=1S/C14H16ClFN2O/c1-9(17-14(19)7-15)5-10-8-18(2)13-4-3-11(16)6-12(10)13/h3-4,6,8-9H,5,7H2,1-2H3,(H,17,19). The van der Waals surface area contributed by atoms with Crippen molar-refractivity contribution in [1.29, 1.82) is 0 Å². The van der Waals surface area contributed by atoms with E-state index in [4.69, 9.17) is 11.6 Å². The number of nitrogens with zero attached hydrogens (tertiary/aromatic N) is 1. The fourth-order valence-corrected chi connectivity index (χ4v) is 2.38.